The maximum Gasteiger partial charge on any atom is 0.186 e. The summed E-state index contributed by atoms with van der Waals surface area (Å²) < 4.78 is 0. The molecule has 0 N–H and O–H groups in total. The van der Waals surface area contributed by atoms with Crippen LogP contribution in [0.4, 0.5) is 0 Å². The van der Waals surface area contributed by atoms with Gasteiger partial charge in [0, 0.05) is 11.1 Å². The first-order valence-corrected chi connectivity index (χ1v) is 6.68. The zero-order valence-corrected chi connectivity index (χ0v) is 13.1. The Kier molecular flexibility index (Phi) is 10.2. The Labute approximate surface area is 147 Å². The van der Waals surface area contributed by atoms with E-state index in [4.69, 9.17) is 22.1 Å². The minimum absolute atomic E-state index is 0.0924. The fourth-order valence-electron chi connectivity index (χ4n) is 1.68. The third-order valence-electron chi connectivity index (χ3n) is 2.67. The lowest BCUT2D eigenvalue weighted by Crippen LogP contribution is -2.10. The molecule has 0 aromatic heterocycles. The highest BCUT2D eigenvalue weighted by Gasteiger charge is 2.16. The molecular weight excluding hydrogens is 340 g/mol. The van der Waals surface area contributed by atoms with Gasteiger partial charge < -0.3 is 22.1 Å². The van der Waals surface area contributed by atoms with E-state index in [1.807, 2.05) is 0 Å². The Hall–Kier alpha value is -4.26. The number of benzene rings is 1. The molecule has 1 aromatic rings. The first kappa shape index (κ1) is 21.7. The van der Waals surface area contributed by atoms with Gasteiger partial charge >= 0.3 is 0 Å². The van der Waals surface area contributed by atoms with E-state index in [0.29, 0.717) is 11.1 Å². The SMILES string of the molecule is O=C1C=CC(=O)C=C1.O=C1C=CC(=O)c2ccccc21.[N-]=[N+]=[N-].[N-]=[N+]=[N-]. The number of hydrogen-bond donors (Lipinski definition) is 0. The van der Waals surface area contributed by atoms with Crippen LogP contribution in [0.15, 0.2) is 60.7 Å². The summed E-state index contributed by atoms with van der Waals surface area (Å²) in [5, 5.41) is 0. The zero-order valence-electron chi connectivity index (χ0n) is 13.1. The molecule has 0 fully saturated rings. The Bertz CT molecular complexity index is 783. The second-order valence-electron chi connectivity index (χ2n) is 4.26. The van der Waals surface area contributed by atoms with E-state index in [9.17, 15) is 19.2 Å². The molecule has 0 spiro atoms. The third-order valence-corrected chi connectivity index (χ3v) is 2.67. The molecule has 0 unspecified atom stereocenters. The van der Waals surface area contributed by atoms with Gasteiger partial charge in [0.1, 0.15) is 0 Å². The Morgan fingerprint density at radius 1 is 0.538 bits per heavy atom. The Morgan fingerprint density at radius 3 is 1.08 bits per heavy atom. The van der Waals surface area contributed by atoms with Crippen LogP contribution in [0.3, 0.4) is 0 Å². The van der Waals surface area contributed by atoms with Gasteiger partial charge in [-0.1, -0.05) is 24.3 Å². The van der Waals surface area contributed by atoms with Crippen LogP contribution in [-0.4, -0.2) is 23.1 Å². The summed E-state index contributed by atoms with van der Waals surface area (Å²) in [6.07, 6.45) is 7.63. The van der Waals surface area contributed by atoms with Crippen molar-refractivity contribution in [2.45, 2.75) is 0 Å². The summed E-state index contributed by atoms with van der Waals surface area (Å²) in [5.41, 5.74) is 28.0. The molecule has 130 valence electrons. The van der Waals surface area contributed by atoms with Crippen molar-refractivity contribution in [2.75, 3.05) is 0 Å². The van der Waals surface area contributed by atoms with Crippen molar-refractivity contribution in [3.05, 3.63) is 104 Å². The van der Waals surface area contributed by atoms with Crippen LogP contribution in [-0.2, 0) is 9.59 Å². The highest BCUT2D eigenvalue weighted by Crippen LogP contribution is 2.15. The minimum Gasteiger partial charge on any atom is -0.373 e. The number of carbonyl (C=O) groups is 4. The van der Waals surface area contributed by atoms with Gasteiger partial charge in [-0.05, 0) is 36.5 Å². The van der Waals surface area contributed by atoms with E-state index in [1.165, 1.54) is 46.3 Å². The van der Waals surface area contributed by atoms with Crippen LogP contribution in [0.2, 0.25) is 0 Å². The molecule has 0 bridgehead atoms. The third kappa shape index (κ3) is 7.84. The van der Waals surface area contributed by atoms with Gasteiger partial charge in [-0.15, -0.1) is 0 Å². The lowest BCUT2D eigenvalue weighted by atomic mass is 9.95. The summed E-state index contributed by atoms with van der Waals surface area (Å²) in [6.45, 7) is 0. The molecule has 1 aromatic carbocycles. The van der Waals surface area contributed by atoms with E-state index < -0.39 is 0 Å². The smallest absolute Gasteiger partial charge is 0.186 e. The second-order valence-corrected chi connectivity index (χ2v) is 4.26. The quantitative estimate of drug-likeness (QED) is 0.299. The maximum atomic E-state index is 11.2. The fraction of sp³-hybridized carbons (Fsp3) is 0. The first-order chi connectivity index (χ1) is 12.4. The van der Waals surface area contributed by atoms with E-state index in [2.05, 4.69) is 0 Å². The Balaban J connectivity index is 0.000000387. The summed E-state index contributed by atoms with van der Waals surface area (Å²) >= 11 is 0. The fourth-order valence-corrected chi connectivity index (χ4v) is 1.68. The van der Waals surface area contributed by atoms with Crippen molar-refractivity contribution in [1.29, 1.82) is 0 Å². The number of nitrogens with zero attached hydrogens (tertiary/aromatic N) is 6. The number of carbonyl (C=O) groups excluding carboxylic acids is 4. The van der Waals surface area contributed by atoms with Crippen molar-refractivity contribution in [3.63, 3.8) is 0 Å². The number of hydrogen-bond acceptors (Lipinski definition) is 4. The molecular formula is C16H10N6O4-2. The second kappa shape index (κ2) is 12.2. The van der Waals surface area contributed by atoms with Gasteiger partial charge in [0.2, 0.25) is 0 Å². The topological polar surface area (TPSA) is 186 Å². The molecule has 10 nitrogen and oxygen atoms in total. The van der Waals surface area contributed by atoms with Crippen molar-refractivity contribution >= 4 is 23.1 Å². The first-order valence-electron chi connectivity index (χ1n) is 6.68. The van der Waals surface area contributed by atoms with Gasteiger partial charge in [0.05, 0.1) is 0 Å². The van der Waals surface area contributed by atoms with Gasteiger partial charge in [-0.25, -0.2) is 0 Å². The van der Waals surface area contributed by atoms with E-state index in [-0.39, 0.29) is 23.1 Å². The van der Waals surface area contributed by atoms with Crippen molar-refractivity contribution in [1.82, 2.24) is 0 Å². The molecule has 2 aliphatic carbocycles. The summed E-state index contributed by atoms with van der Waals surface area (Å²) in [5.74, 6) is -0.426. The maximum absolute atomic E-state index is 11.2. The average Bonchev–Trinajstić information content (AvgIpc) is 2.63. The normalized spacial score (nSPS) is 12.8. The molecule has 0 saturated heterocycles. The lowest BCUT2D eigenvalue weighted by Gasteiger charge is -2.06. The molecule has 0 heterocycles. The van der Waals surface area contributed by atoms with E-state index in [0.717, 1.165) is 0 Å². The van der Waals surface area contributed by atoms with Gasteiger partial charge in [0.15, 0.2) is 23.1 Å². The highest BCUT2D eigenvalue weighted by molar-refractivity contribution is 6.21. The van der Waals surface area contributed by atoms with Crippen LogP contribution >= 0.6 is 0 Å². The van der Waals surface area contributed by atoms with Crippen molar-refractivity contribution in [2.24, 2.45) is 0 Å². The predicted octanol–water partition coefficient (Wildman–Crippen LogP) is 3.60. The summed E-state index contributed by atoms with van der Waals surface area (Å²) in [6, 6.07) is 6.84. The largest absolute Gasteiger partial charge is 0.373 e. The van der Waals surface area contributed by atoms with Crippen LogP contribution < -0.4 is 0 Å². The van der Waals surface area contributed by atoms with Gasteiger partial charge in [-0.2, -0.15) is 0 Å². The molecule has 0 aliphatic heterocycles. The average molecular weight is 350 g/mol. The summed E-state index contributed by atoms with van der Waals surface area (Å²) in [4.78, 5) is 45.9. The van der Waals surface area contributed by atoms with Gasteiger partial charge in [-0.3, -0.25) is 29.0 Å². The minimum atomic E-state index is -0.121. The monoisotopic (exact) mass is 350 g/mol. The van der Waals surface area contributed by atoms with Crippen molar-refractivity contribution < 1.29 is 19.2 Å². The van der Waals surface area contributed by atoms with Gasteiger partial charge in [0.25, 0.3) is 0 Å². The van der Waals surface area contributed by atoms with Crippen LogP contribution in [0, 0.1) is 0 Å². The molecule has 0 saturated carbocycles. The van der Waals surface area contributed by atoms with E-state index >= 15 is 0 Å². The Morgan fingerprint density at radius 2 is 0.808 bits per heavy atom. The van der Waals surface area contributed by atoms with Crippen LogP contribution in [0.5, 0.6) is 0 Å². The number of ketones is 4. The molecule has 0 atom stereocenters. The number of allylic oxidation sites excluding steroid dienone is 6. The molecule has 2 aliphatic rings. The number of fused-ring (bicyclic) bond motifs is 1. The van der Waals surface area contributed by atoms with Crippen LogP contribution in [0.1, 0.15) is 20.7 Å². The van der Waals surface area contributed by atoms with E-state index in [1.54, 1.807) is 24.3 Å². The molecule has 10 heteroatoms. The highest BCUT2D eigenvalue weighted by atomic mass is 16.1. The predicted molar refractivity (Wildman–Crippen MR) is 92.7 cm³/mol. The summed E-state index contributed by atoms with van der Waals surface area (Å²) in [7, 11) is 0. The molecule has 3 rings (SSSR count). The van der Waals surface area contributed by atoms with Crippen LogP contribution in [0.25, 0.3) is 31.9 Å². The number of rotatable bonds is 0. The molecule has 26 heavy (non-hydrogen) atoms. The van der Waals surface area contributed by atoms with Crippen molar-refractivity contribution in [3.8, 4) is 0 Å². The molecule has 0 amide bonds. The molecule has 0 radical (unpaired) electrons. The zero-order chi connectivity index (χ0) is 19.9. The lowest BCUT2D eigenvalue weighted by molar-refractivity contribution is -0.113. The standard InChI is InChI=1S/C10H6O2.C6H4O2.2N3/c11-9-5-6-10(12)8-4-2-1-3-7(8)9;7-5-1-2-6(8)4-3-5;2*1-3-2/h1-6H;1-4H;;/q;;2*-1.